The van der Waals surface area contributed by atoms with Crippen molar-refractivity contribution in [2.45, 2.75) is 38.7 Å². The normalized spacial score (nSPS) is 19.8. The summed E-state index contributed by atoms with van der Waals surface area (Å²) in [4.78, 5) is 20.8. The number of aromatic amines is 1. The van der Waals surface area contributed by atoms with Gasteiger partial charge in [-0.3, -0.25) is 9.78 Å². The summed E-state index contributed by atoms with van der Waals surface area (Å²) in [5.41, 5.74) is 5.59. The highest BCUT2D eigenvalue weighted by molar-refractivity contribution is 6.31. The van der Waals surface area contributed by atoms with Crippen LogP contribution in [-0.2, 0) is 4.74 Å². The van der Waals surface area contributed by atoms with Gasteiger partial charge in [-0.05, 0) is 43.5 Å². The second-order valence-corrected chi connectivity index (χ2v) is 9.04. The first-order valence-corrected chi connectivity index (χ1v) is 11.7. The number of fused-ring (bicyclic) bond motifs is 1. The van der Waals surface area contributed by atoms with Crippen molar-refractivity contribution in [2.75, 3.05) is 25.1 Å². The molecule has 8 heteroatoms. The summed E-state index contributed by atoms with van der Waals surface area (Å²) in [5, 5.41) is 7.14. The standard InChI is InChI=1S/C25H27ClN4O3/c1-14-11-28-25(31)21-22(14)30-23(24(21)29-19-7-3-6-18(26)15(19)2)17-8-9-27-12-20(17)33-13-16-5-4-10-32-16/h3,6-9,12,14,16,29-30H,4-5,10-11,13H2,1-2H3,(H,28,31)/t14?,16-/m0/s1. The van der Waals surface area contributed by atoms with E-state index in [4.69, 9.17) is 21.1 Å². The smallest absolute Gasteiger partial charge is 0.255 e. The number of anilines is 2. The Labute approximate surface area is 197 Å². The van der Waals surface area contributed by atoms with E-state index in [2.05, 4.69) is 27.5 Å². The summed E-state index contributed by atoms with van der Waals surface area (Å²) < 4.78 is 11.9. The summed E-state index contributed by atoms with van der Waals surface area (Å²) in [6.07, 6.45) is 5.57. The van der Waals surface area contributed by atoms with Gasteiger partial charge in [0.1, 0.15) is 12.4 Å². The number of hydrogen-bond donors (Lipinski definition) is 3. The summed E-state index contributed by atoms with van der Waals surface area (Å²) >= 11 is 6.37. The molecule has 1 fully saturated rings. The van der Waals surface area contributed by atoms with Crippen molar-refractivity contribution in [1.29, 1.82) is 0 Å². The van der Waals surface area contributed by atoms with Crippen LogP contribution in [0.5, 0.6) is 5.75 Å². The Morgan fingerprint density at radius 1 is 1.33 bits per heavy atom. The van der Waals surface area contributed by atoms with E-state index >= 15 is 0 Å². The number of carbonyl (C=O) groups excluding carboxylic acids is 1. The monoisotopic (exact) mass is 466 g/mol. The molecule has 3 N–H and O–H groups in total. The molecule has 0 saturated carbocycles. The van der Waals surface area contributed by atoms with Crippen LogP contribution in [0, 0.1) is 6.92 Å². The lowest BCUT2D eigenvalue weighted by atomic mass is 9.98. The van der Waals surface area contributed by atoms with Gasteiger partial charge in [0, 0.05) is 47.2 Å². The zero-order chi connectivity index (χ0) is 22.9. The number of rotatable bonds is 6. The van der Waals surface area contributed by atoms with Crippen LogP contribution in [0.15, 0.2) is 36.7 Å². The minimum absolute atomic E-state index is 0.0902. The lowest BCUT2D eigenvalue weighted by Gasteiger charge is -2.20. The van der Waals surface area contributed by atoms with Crippen molar-refractivity contribution >= 4 is 28.9 Å². The number of ether oxygens (including phenoxy) is 2. The average Bonchev–Trinajstić information content (AvgIpc) is 3.47. The fourth-order valence-corrected chi connectivity index (χ4v) is 4.60. The largest absolute Gasteiger partial charge is 0.489 e. The van der Waals surface area contributed by atoms with E-state index in [0.717, 1.165) is 47.7 Å². The van der Waals surface area contributed by atoms with Crippen molar-refractivity contribution in [3.63, 3.8) is 0 Å². The van der Waals surface area contributed by atoms with Crippen molar-refractivity contribution in [1.82, 2.24) is 15.3 Å². The van der Waals surface area contributed by atoms with Crippen molar-refractivity contribution in [3.05, 3.63) is 58.5 Å². The van der Waals surface area contributed by atoms with Crippen LogP contribution in [0.3, 0.4) is 0 Å². The third-order valence-electron chi connectivity index (χ3n) is 6.35. The number of carbonyl (C=O) groups is 1. The van der Waals surface area contributed by atoms with Gasteiger partial charge in [-0.25, -0.2) is 0 Å². The minimum Gasteiger partial charge on any atom is -0.489 e. The summed E-state index contributed by atoms with van der Waals surface area (Å²) in [6.45, 7) is 5.87. The van der Waals surface area contributed by atoms with Gasteiger partial charge in [0.2, 0.25) is 0 Å². The number of nitrogens with one attached hydrogen (secondary N) is 3. The summed E-state index contributed by atoms with van der Waals surface area (Å²) in [6, 6.07) is 7.60. The Bertz CT molecular complexity index is 1190. The van der Waals surface area contributed by atoms with Crippen molar-refractivity contribution in [3.8, 4) is 17.0 Å². The lowest BCUT2D eigenvalue weighted by molar-refractivity contribution is 0.0680. The van der Waals surface area contributed by atoms with E-state index in [9.17, 15) is 4.79 Å². The van der Waals surface area contributed by atoms with Gasteiger partial charge in [-0.1, -0.05) is 24.6 Å². The Morgan fingerprint density at radius 3 is 3.03 bits per heavy atom. The van der Waals surface area contributed by atoms with Crippen molar-refractivity contribution in [2.24, 2.45) is 0 Å². The first-order valence-electron chi connectivity index (χ1n) is 11.3. The molecule has 1 aromatic carbocycles. The maximum Gasteiger partial charge on any atom is 0.255 e. The zero-order valence-corrected chi connectivity index (χ0v) is 19.5. The zero-order valence-electron chi connectivity index (χ0n) is 18.7. The van der Waals surface area contributed by atoms with Gasteiger partial charge in [0.05, 0.1) is 29.2 Å². The van der Waals surface area contributed by atoms with Crippen LogP contribution in [0.2, 0.25) is 5.02 Å². The molecule has 0 radical (unpaired) electrons. The molecule has 2 atom stereocenters. The second-order valence-electron chi connectivity index (χ2n) is 8.63. The maximum atomic E-state index is 13.0. The predicted molar refractivity (Wildman–Crippen MR) is 129 cm³/mol. The molecule has 2 aliphatic heterocycles. The van der Waals surface area contributed by atoms with Crippen LogP contribution < -0.4 is 15.4 Å². The van der Waals surface area contributed by atoms with E-state index in [0.29, 0.717) is 35.2 Å². The molecule has 172 valence electrons. The number of halogens is 1. The van der Waals surface area contributed by atoms with Crippen LogP contribution in [-0.4, -0.2) is 41.7 Å². The quantitative estimate of drug-likeness (QED) is 0.465. The number of aromatic nitrogens is 2. The molecule has 1 amide bonds. The van der Waals surface area contributed by atoms with Gasteiger partial charge in [0.15, 0.2) is 0 Å². The molecule has 2 aliphatic rings. The molecule has 1 saturated heterocycles. The van der Waals surface area contributed by atoms with Gasteiger partial charge < -0.3 is 25.1 Å². The molecule has 3 aromatic rings. The number of nitrogens with zero attached hydrogens (tertiary/aromatic N) is 1. The van der Waals surface area contributed by atoms with Gasteiger partial charge in [-0.15, -0.1) is 0 Å². The Balaban J connectivity index is 1.60. The van der Waals surface area contributed by atoms with Gasteiger partial charge in [-0.2, -0.15) is 0 Å². The highest BCUT2D eigenvalue weighted by Gasteiger charge is 2.32. The molecule has 1 unspecified atom stereocenters. The van der Waals surface area contributed by atoms with E-state index in [1.807, 2.05) is 31.2 Å². The topological polar surface area (TPSA) is 88.3 Å². The average molecular weight is 467 g/mol. The summed E-state index contributed by atoms with van der Waals surface area (Å²) in [5.74, 6) is 0.680. The van der Waals surface area contributed by atoms with Crippen LogP contribution in [0.25, 0.3) is 11.3 Å². The number of H-pyrrole nitrogens is 1. The Morgan fingerprint density at radius 2 is 2.21 bits per heavy atom. The first-order chi connectivity index (χ1) is 16.0. The number of amides is 1. The summed E-state index contributed by atoms with van der Waals surface area (Å²) in [7, 11) is 0. The molecular weight excluding hydrogens is 440 g/mol. The maximum absolute atomic E-state index is 13.0. The molecule has 4 heterocycles. The van der Waals surface area contributed by atoms with Crippen LogP contribution in [0.1, 0.15) is 47.3 Å². The fraction of sp³-hybridized carbons (Fsp3) is 0.360. The molecule has 33 heavy (non-hydrogen) atoms. The molecule has 2 aromatic heterocycles. The molecule has 7 nitrogen and oxygen atoms in total. The first kappa shape index (κ1) is 21.8. The van der Waals surface area contributed by atoms with E-state index in [-0.39, 0.29) is 17.9 Å². The highest BCUT2D eigenvalue weighted by atomic mass is 35.5. The Hall–Kier alpha value is -3.03. The predicted octanol–water partition coefficient (Wildman–Crippen LogP) is 5.19. The van der Waals surface area contributed by atoms with Gasteiger partial charge in [0.25, 0.3) is 5.91 Å². The van der Waals surface area contributed by atoms with E-state index in [1.165, 1.54) is 0 Å². The van der Waals surface area contributed by atoms with E-state index in [1.54, 1.807) is 12.4 Å². The van der Waals surface area contributed by atoms with Gasteiger partial charge >= 0.3 is 0 Å². The lowest BCUT2D eigenvalue weighted by Crippen LogP contribution is -2.33. The third kappa shape index (κ3) is 4.18. The van der Waals surface area contributed by atoms with E-state index < -0.39 is 0 Å². The van der Waals surface area contributed by atoms with Crippen LogP contribution in [0.4, 0.5) is 11.4 Å². The third-order valence-corrected chi connectivity index (χ3v) is 6.76. The second kappa shape index (κ2) is 9.08. The number of pyridine rings is 1. The van der Waals surface area contributed by atoms with Crippen LogP contribution >= 0.6 is 11.6 Å². The number of hydrogen-bond acceptors (Lipinski definition) is 5. The fourth-order valence-electron chi connectivity index (χ4n) is 4.43. The molecule has 0 bridgehead atoms. The molecule has 0 aliphatic carbocycles. The molecular formula is C25H27ClN4O3. The minimum atomic E-state index is -0.108. The molecule has 5 rings (SSSR count). The molecule has 0 spiro atoms. The Kier molecular flexibility index (Phi) is 6.00. The van der Waals surface area contributed by atoms with Crippen molar-refractivity contribution < 1.29 is 14.3 Å². The number of benzene rings is 1. The SMILES string of the molecule is Cc1c(Cl)cccc1Nc1c(-c2ccncc2OC[C@@H]2CCCO2)[nH]c2c1C(=O)NCC2C. The highest BCUT2D eigenvalue weighted by Crippen LogP contribution is 2.43.